The molecule has 5 heteroatoms. The minimum Gasteiger partial charge on any atom is -0.361 e. The van der Waals surface area contributed by atoms with Crippen molar-refractivity contribution in [2.24, 2.45) is 0 Å². The first-order valence-electron chi connectivity index (χ1n) is 9.47. The van der Waals surface area contributed by atoms with Gasteiger partial charge in [0.05, 0.1) is 6.04 Å². The fourth-order valence-corrected chi connectivity index (χ4v) is 3.74. The van der Waals surface area contributed by atoms with E-state index in [2.05, 4.69) is 40.0 Å². The molecule has 1 heterocycles. The number of aromatic amines is 1. The van der Waals surface area contributed by atoms with E-state index in [-0.39, 0.29) is 17.9 Å². The Balaban J connectivity index is 1.60. The zero-order valence-electron chi connectivity index (χ0n) is 15.3. The van der Waals surface area contributed by atoms with Gasteiger partial charge in [-0.2, -0.15) is 0 Å². The van der Waals surface area contributed by atoms with Crippen molar-refractivity contribution in [2.45, 2.75) is 37.8 Å². The minimum atomic E-state index is -0.249. The van der Waals surface area contributed by atoms with Gasteiger partial charge >= 0.3 is 0 Å². The number of halogens is 1. The summed E-state index contributed by atoms with van der Waals surface area (Å²) in [6.07, 6.45) is 4.24. The molecule has 0 saturated heterocycles. The smallest absolute Gasteiger partial charge is 0.237 e. The lowest BCUT2D eigenvalue weighted by Gasteiger charge is -2.22. The Bertz CT molecular complexity index is 947. The summed E-state index contributed by atoms with van der Waals surface area (Å²) in [6, 6.07) is 16.3. The van der Waals surface area contributed by atoms with Gasteiger partial charge in [0.15, 0.2) is 0 Å². The second kappa shape index (κ2) is 7.75. The Morgan fingerprint density at radius 2 is 1.89 bits per heavy atom. The number of carbonyl (C=O) groups is 1. The molecule has 27 heavy (non-hydrogen) atoms. The van der Waals surface area contributed by atoms with Crippen molar-refractivity contribution in [3.8, 4) is 0 Å². The lowest BCUT2D eigenvalue weighted by molar-refractivity contribution is -0.122. The molecule has 140 valence electrons. The number of amides is 1. The van der Waals surface area contributed by atoms with Gasteiger partial charge in [0.2, 0.25) is 5.91 Å². The molecule has 2 aromatic carbocycles. The van der Waals surface area contributed by atoms with Gasteiger partial charge in [0, 0.05) is 40.6 Å². The quantitative estimate of drug-likeness (QED) is 0.574. The molecule has 3 N–H and O–H groups in total. The third-order valence-corrected chi connectivity index (χ3v) is 5.57. The van der Waals surface area contributed by atoms with Gasteiger partial charge in [-0.15, -0.1) is 0 Å². The Labute approximate surface area is 164 Å². The van der Waals surface area contributed by atoms with Gasteiger partial charge in [0.1, 0.15) is 0 Å². The van der Waals surface area contributed by atoms with Crippen molar-refractivity contribution in [1.82, 2.24) is 15.6 Å². The highest BCUT2D eigenvalue weighted by Gasteiger charge is 2.27. The molecule has 0 unspecified atom stereocenters. The molecule has 1 aliphatic carbocycles. The number of fused-ring (bicyclic) bond motifs is 1. The highest BCUT2D eigenvalue weighted by molar-refractivity contribution is 6.31. The highest BCUT2D eigenvalue weighted by Crippen LogP contribution is 2.34. The minimum absolute atomic E-state index is 0.0472. The monoisotopic (exact) mass is 381 g/mol. The van der Waals surface area contributed by atoms with E-state index in [9.17, 15) is 4.79 Å². The predicted molar refractivity (Wildman–Crippen MR) is 110 cm³/mol. The van der Waals surface area contributed by atoms with Gasteiger partial charge in [-0.3, -0.25) is 4.79 Å². The normalized spacial score (nSPS) is 16.2. The molecule has 1 fully saturated rings. The maximum absolute atomic E-state index is 12.3. The van der Waals surface area contributed by atoms with Crippen LogP contribution in [0.2, 0.25) is 5.02 Å². The first-order chi connectivity index (χ1) is 13.1. The van der Waals surface area contributed by atoms with E-state index in [1.807, 2.05) is 37.3 Å². The molecule has 0 bridgehead atoms. The molecule has 2 atom stereocenters. The summed E-state index contributed by atoms with van der Waals surface area (Å²) in [6.45, 7) is 2.54. The Morgan fingerprint density at radius 1 is 1.15 bits per heavy atom. The summed E-state index contributed by atoms with van der Waals surface area (Å²) >= 11 is 6.52. The van der Waals surface area contributed by atoms with Crippen LogP contribution >= 0.6 is 11.6 Å². The first kappa shape index (κ1) is 18.1. The van der Waals surface area contributed by atoms with E-state index in [1.165, 1.54) is 10.9 Å². The molecule has 4 rings (SSSR count). The molecule has 1 aromatic heterocycles. The second-order valence-corrected chi connectivity index (χ2v) is 7.68. The Morgan fingerprint density at radius 3 is 2.67 bits per heavy atom. The summed E-state index contributed by atoms with van der Waals surface area (Å²) in [5.41, 5.74) is 3.34. The molecule has 0 spiro atoms. The maximum atomic E-state index is 12.3. The van der Waals surface area contributed by atoms with E-state index in [4.69, 9.17) is 11.6 Å². The molecular formula is C22H24ClN3O. The number of H-pyrrole nitrogens is 1. The van der Waals surface area contributed by atoms with Crippen LogP contribution in [0.3, 0.4) is 0 Å². The molecule has 1 aliphatic rings. The number of para-hydroxylation sites is 1. The number of rotatable bonds is 7. The van der Waals surface area contributed by atoms with E-state index in [0.29, 0.717) is 12.6 Å². The molecule has 0 radical (unpaired) electrons. The van der Waals surface area contributed by atoms with E-state index >= 15 is 0 Å². The van der Waals surface area contributed by atoms with Crippen LogP contribution in [0.1, 0.15) is 36.8 Å². The summed E-state index contributed by atoms with van der Waals surface area (Å²) in [5.74, 6) is 0.111. The third kappa shape index (κ3) is 4.02. The number of nitrogens with one attached hydrogen (secondary N) is 3. The van der Waals surface area contributed by atoms with E-state index in [1.54, 1.807) is 0 Å². The number of aromatic nitrogens is 1. The fraction of sp³-hybridized carbons (Fsp3) is 0.318. The topological polar surface area (TPSA) is 56.9 Å². The lowest BCUT2D eigenvalue weighted by Crippen LogP contribution is -2.44. The standard InChI is InChI=1S/C22H24ClN3O/c1-14(22(27)26-15-10-11-15)24-12-18(16-6-2-4-8-20(16)23)19-13-25-21-9-5-3-7-17(19)21/h2-9,13-15,18,24-25H,10-12H2,1H3,(H,26,27)/t14-,18-/m1/s1. The van der Waals surface area contributed by atoms with Crippen LogP contribution in [0.5, 0.6) is 0 Å². The van der Waals surface area contributed by atoms with Crippen LogP contribution in [-0.4, -0.2) is 29.5 Å². The van der Waals surface area contributed by atoms with Crippen molar-refractivity contribution < 1.29 is 4.79 Å². The van der Waals surface area contributed by atoms with Gasteiger partial charge in [-0.05, 0) is 43.0 Å². The Kier molecular flexibility index (Phi) is 5.19. The molecule has 1 saturated carbocycles. The van der Waals surface area contributed by atoms with Crippen LogP contribution in [0.25, 0.3) is 10.9 Å². The van der Waals surface area contributed by atoms with Crippen LogP contribution in [0, 0.1) is 0 Å². The largest absolute Gasteiger partial charge is 0.361 e. The molecule has 4 nitrogen and oxygen atoms in total. The number of benzene rings is 2. The number of hydrogen-bond acceptors (Lipinski definition) is 2. The average Bonchev–Trinajstić information content (AvgIpc) is 3.39. The SMILES string of the molecule is C[C@@H](NC[C@H](c1ccccc1Cl)c1c[nH]c2ccccc12)C(=O)NC1CC1. The Hall–Kier alpha value is -2.30. The summed E-state index contributed by atoms with van der Waals surface area (Å²) in [5, 5.41) is 8.39. The number of carbonyl (C=O) groups excluding carboxylic acids is 1. The zero-order valence-corrected chi connectivity index (χ0v) is 16.1. The first-order valence-corrected chi connectivity index (χ1v) is 9.85. The van der Waals surface area contributed by atoms with Crippen molar-refractivity contribution in [2.75, 3.05) is 6.54 Å². The lowest BCUT2D eigenvalue weighted by atomic mass is 9.90. The second-order valence-electron chi connectivity index (χ2n) is 7.28. The summed E-state index contributed by atoms with van der Waals surface area (Å²) in [4.78, 5) is 15.7. The van der Waals surface area contributed by atoms with Crippen LogP contribution in [0.4, 0.5) is 0 Å². The van der Waals surface area contributed by atoms with E-state index in [0.717, 1.165) is 28.9 Å². The van der Waals surface area contributed by atoms with Crippen LogP contribution < -0.4 is 10.6 Å². The van der Waals surface area contributed by atoms with Gasteiger partial charge in [0.25, 0.3) is 0 Å². The fourth-order valence-electron chi connectivity index (χ4n) is 3.47. The van der Waals surface area contributed by atoms with E-state index < -0.39 is 0 Å². The van der Waals surface area contributed by atoms with Crippen LogP contribution in [-0.2, 0) is 4.79 Å². The average molecular weight is 382 g/mol. The summed E-state index contributed by atoms with van der Waals surface area (Å²) < 4.78 is 0. The maximum Gasteiger partial charge on any atom is 0.237 e. The van der Waals surface area contributed by atoms with Gasteiger partial charge in [-0.25, -0.2) is 0 Å². The van der Waals surface area contributed by atoms with Crippen molar-refractivity contribution >= 4 is 28.4 Å². The van der Waals surface area contributed by atoms with Crippen molar-refractivity contribution in [3.63, 3.8) is 0 Å². The molecule has 3 aromatic rings. The zero-order chi connectivity index (χ0) is 18.8. The van der Waals surface area contributed by atoms with Crippen molar-refractivity contribution in [3.05, 3.63) is 70.9 Å². The summed E-state index contributed by atoms with van der Waals surface area (Å²) in [7, 11) is 0. The van der Waals surface area contributed by atoms with Crippen molar-refractivity contribution in [1.29, 1.82) is 0 Å². The molecule has 1 amide bonds. The van der Waals surface area contributed by atoms with Crippen LogP contribution in [0.15, 0.2) is 54.7 Å². The van der Waals surface area contributed by atoms with Gasteiger partial charge < -0.3 is 15.6 Å². The van der Waals surface area contributed by atoms with Gasteiger partial charge in [-0.1, -0.05) is 48.0 Å². The molecule has 0 aliphatic heterocycles. The predicted octanol–water partition coefficient (Wildman–Crippen LogP) is 4.21. The highest BCUT2D eigenvalue weighted by atomic mass is 35.5. The molecular weight excluding hydrogens is 358 g/mol. The number of hydrogen-bond donors (Lipinski definition) is 3. The third-order valence-electron chi connectivity index (χ3n) is 5.22.